The van der Waals surface area contributed by atoms with Crippen LogP contribution in [-0.2, 0) is 15.9 Å². The van der Waals surface area contributed by atoms with Crippen LogP contribution < -0.4 is 24.4 Å². The zero-order valence-electron chi connectivity index (χ0n) is 16.3. The molecule has 1 N–H and O–H groups in total. The monoisotopic (exact) mass is 364 g/mol. The molecule has 0 saturated carbocycles. The van der Waals surface area contributed by atoms with Gasteiger partial charge in [0.15, 0.2) is 8.32 Å². The first-order valence-electron chi connectivity index (χ1n) is 7.94. The third-order valence-electron chi connectivity index (χ3n) is 4.26. The molecule has 1 heterocycles. The zero-order valence-corrected chi connectivity index (χ0v) is 18.1. The Bertz CT molecular complexity index is 635. The van der Waals surface area contributed by atoms with Gasteiger partial charge in [-0.2, -0.15) is 0 Å². The van der Waals surface area contributed by atoms with Crippen molar-refractivity contribution >= 4 is 20.5 Å². The average Bonchev–Trinajstić information content (AvgIpc) is 2.38. The first kappa shape index (κ1) is 23.8. The molecule has 1 aromatic rings. The van der Waals surface area contributed by atoms with Gasteiger partial charge in [0.1, 0.15) is 12.3 Å². The van der Waals surface area contributed by atoms with Crippen molar-refractivity contribution in [2.24, 2.45) is 0 Å². The molecule has 0 aliphatic heterocycles. The van der Waals surface area contributed by atoms with Crippen molar-refractivity contribution in [2.75, 3.05) is 13.2 Å². The van der Waals surface area contributed by atoms with Crippen LogP contribution in [0.5, 0.6) is 0 Å². The fourth-order valence-corrected chi connectivity index (χ4v) is 2.91. The van der Waals surface area contributed by atoms with E-state index in [-0.39, 0.29) is 42.1 Å². The summed E-state index contributed by atoms with van der Waals surface area (Å²) in [4.78, 5) is 14.5. The predicted octanol–water partition coefficient (Wildman–Crippen LogP) is 0.829. The predicted molar refractivity (Wildman–Crippen MR) is 97.9 cm³/mol. The van der Waals surface area contributed by atoms with E-state index in [9.17, 15) is 4.79 Å². The SMILES string of the molecule is CC(C)c1[c-]n(COCCO[Si](C)(C)C(C)(C)C)c(=S)[nH]c1=O.[Li+]. The normalized spacial score (nSPS) is 12.3. The summed E-state index contributed by atoms with van der Waals surface area (Å²) >= 11 is 5.14. The average molecular weight is 365 g/mol. The summed E-state index contributed by atoms with van der Waals surface area (Å²) < 4.78 is 13.6. The van der Waals surface area contributed by atoms with Crippen LogP contribution in [0.15, 0.2) is 4.79 Å². The van der Waals surface area contributed by atoms with E-state index >= 15 is 0 Å². The molecule has 132 valence electrons. The van der Waals surface area contributed by atoms with Gasteiger partial charge in [-0.05, 0) is 24.1 Å². The Hall–Kier alpha value is -0.166. The van der Waals surface area contributed by atoms with E-state index < -0.39 is 8.32 Å². The van der Waals surface area contributed by atoms with Crippen LogP contribution in [0.1, 0.15) is 46.1 Å². The van der Waals surface area contributed by atoms with Crippen LogP contribution in [0, 0.1) is 11.0 Å². The summed E-state index contributed by atoms with van der Waals surface area (Å²) in [5.74, 6) is 0.0857. The zero-order chi connectivity index (χ0) is 17.8. The molecule has 5 nitrogen and oxygen atoms in total. The van der Waals surface area contributed by atoms with Crippen LogP contribution in [0.4, 0.5) is 0 Å². The molecular formula is C16H29LiN2O3SSi. The number of nitrogens with zero attached hydrogens (tertiary/aromatic N) is 1. The van der Waals surface area contributed by atoms with Gasteiger partial charge >= 0.3 is 18.9 Å². The summed E-state index contributed by atoms with van der Waals surface area (Å²) in [6.07, 6.45) is 3.02. The number of H-pyrrole nitrogens is 1. The molecule has 0 bridgehead atoms. The number of rotatable bonds is 7. The molecule has 0 aliphatic rings. The van der Waals surface area contributed by atoms with Crippen molar-refractivity contribution in [1.29, 1.82) is 0 Å². The second kappa shape index (κ2) is 9.51. The number of aromatic nitrogens is 2. The maximum Gasteiger partial charge on any atom is 1.00 e. The third kappa shape index (κ3) is 6.62. The number of aromatic amines is 1. The third-order valence-corrected chi connectivity index (χ3v) is 9.12. The Morgan fingerprint density at radius 1 is 1.29 bits per heavy atom. The largest absolute Gasteiger partial charge is 1.00 e. The first-order chi connectivity index (χ1) is 10.5. The van der Waals surface area contributed by atoms with Gasteiger partial charge < -0.3 is 23.5 Å². The molecule has 0 spiro atoms. The van der Waals surface area contributed by atoms with Crippen molar-refractivity contribution in [2.45, 2.75) is 65.4 Å². The van der Waals surface area contributed by atoms with E-state index in [1.54, 1.807) is 4.57 Å². The second-order valence-corrected chi connectivity index (χ2v) is 12.7. The molecule has 0 atom stereocenters. The van der Waals surface area contributed by atoms with Crippen molar-refractivity contribution in [3.05, 3.63) is 26.9 Å². The van der Waals surface area contributed by atoms with Gasteiger partial charge in [0, 0.05) is 0 Å². The van der Waals surface area contributed by atoms with Gasteiger partial charge in [-0.25, -0.2) is 0 Å². The van der Waals surface area contributed by atoms with E-state index in [2.05, 4.69) is 45.0 Å². The molecule has 0 saturated heterocycles. The first-order valence-corrected chi connectivity index (χ1v) is 11.3. The minimum atomic E-state index is -1.74. The Balaban J connectivity index is 0.00000529. The van der Waals surface area contributed by atoms with E-state index in [0.717, 1.165) is 0 Å². The molecular weight excluding hydrogens is 335 g/mol. The molecule has 24 heavy (non-hydrogen) atoms. The van der Waals surface area contributed by atoms with Crippen molar-refractivity contribution < 1.29 is 28.0 Å². The molecule has 0 fully saturated rings. The molecule has 0 aromatic carbocycles. The quantitative estimate of drug-likeness (QED) is 0.337. The van der Waals surface area contributed by atoms with Crippen LogP contribution in [0.2, 0.25) is 18.1 Å². The number of hydrogen-bond donors (Lipinski definition) is 1. The maximum atomic E-state index is 11.8. The minimum absolute atomic E-state index is 0. The van der Waals surface area contributed by atoms with Gasteiger partial charge in [-0.15, -0.1) is 12.2 Å². The molecule has 0 radical (unpaired) electrons. The molecule has 1 rings (SSSR count). The van der Waals surface area contributed by atoms with E-state index in [4.69, 9.17) is 21.4 Å². The Kier molecular flexibility index (Phi) is 9.44. The number of hydrogen-bond acceptors (Lipinski definition) is 4. The maximum absolute atomic E-state index is 11.8. The summed E-state index contributed by atoms with van der Waals surface area (Å²) in [5, 5.41) is 0.189. The fourth-order valence-electron chi connectivity index (χ4n) is 1.69. The summed E-state index contributed by atoms with van der Waals surface area (Å²) in [6, 6.07) is 0. The van der Waals surface area contributed by atoms with E-state index in [1.807, 2.05) is 13.8 Å². The summed E-state index contributed by atoms with van der Waals surface area (Å²) in [5.41, 5.74) is 0.405. The van der Waals surface area contributed by atoms with Crippen molar-refractivity contribution in [1.82, 2.24) is 9.55 Å². The van der Waals surface area contributed by atoms with Crippen LogP contribution in [-0.4, -0.2) is 31.1 Å². The summed E-state index contributed by atoms with van der Waals surface area (Å²) in [7, 11) is -1.74. The Morgan fingerprint density at radius 2 is 1.88 bits per heavy atom. The van der Waals surface area contributed by atoms with Gasteiger partial charge in [-0.1, -0.05) is 46.4 Å². The minimum Gasteiger partial charge on any atom is -0.414 e. The van der Waals surface area contributed by atoms with Gasteiger partial charge in [0.05, 0.1) is 18.0 Å². The molecule has 8 heteroatoms. The second-order valence-electron chi connectivity index (χ2n) is 7.51. The smallest absolute Gasteiger partial charge is 0.414 e. The fraction of sp³-hybridized carbons (Fsp3) is 0.750. The number of ether oxygens (including phenoxy) is 1. The van der Waals surface area contributed by atoms with Crippen LogP contribution in [0.25, 0.3) is 0 Å². The Labute approximate surface area is 163 Å². The van der Waals surface area contributed by atoms with Gasteiger partial charge in [0.25, 0.3) is 0 Å². The van der Waals surface area contributed by atoms with Crippen LogP contribution >= 0.6 is 12.2 Å². The van der Waals surface area contributed by atoms with Gasteiger partial charge in [-0.3, -0.25) is 0 Å². The summed E-state index contributed by atoms with van der Waals surface area (Å²) in [6.45, 7) is 16.3. The topological polar surface area (TPSA) is 56.2 Å². The van der Waals surface area contributed by atoms with E-state index in [1.165, 1.54) is 0 Å². The van der Waals surface area contributed by atoms with Crippen LogP contribution in [0.3, 0.4) is 0 Å². The molecule has 1 aromatic heterocycles. The van der Waals surface area contributed by atoms with Gasteiger partial charge in [0.2, 0.25) is 0 Å². The van der Waals surface area contributed by atoms with Crippen molar-refractivity contribution in [3.63, 3.8) is 0 Å². The number of nitrogens with one attached hydrogen (secondary N) is 1. The molecule has 0 unspecified atom stereocenters. The molecule has 0 amide bonds. The van der Waals surface area contributed by atoms with E-state index in [0.29, 0.717) is 23.5 Å². The standard InChI is InChI=1S/C16H29N2O3SSi.Li/c1-12(2)13-10-18(15(22)17-14(13)19)11-20-8-9-21-23(6,7)16(3,4)5;/h12H,8-9,11H2,1-7H3,(H,17,19,22);/q-1;+1. The Morgan fingerprint density at radius 3 is 2.38 bits per heavy atom. The molecule has 0 aliphatic carbocycles. The van der Waals surface area contributed by atoms with Crippen molar-refractivity contribution in [3.8, 4) is 0 Å².